The minimum absolute atomic E-state index is 0.348. The zero-order valence-electron chi connectivity index (χ0n) is 15.2. The number of aromatic nitrogens is 1. The fraction of sp³-hybridized carbons (Fsp3) is 0.700. The van der Waals surface area contributed by atoms with Gasteiger partial charge < -0.3 is 9.64 Å². The van der Waals surface area contributed by atoms with Gasteiger partial charge in [0, 0.05) is 57.6 Å². The number of ether oxygens (including phenoxy) is 1. The Bertz CT molecular complexity index is 594. The first-order chi connectivity index (χ1) is 12.2. The lowest BCUT2D eigenvalue weighted by Gasteiger charge is -2.39. The molecule has 1 amide bonds. The maximum atomic E-state index is 12.3. The molecule has 4 rings (SSSR count). The lowest BCUT2D eigenvalue weighted by atomic mass is 9.76. The molecule has 5 heteroatoms. The van der Waals surface area contributed by atoms with Gasteiger partial charge in [-0.25, -0.2) is 0 Å². The highest BCUT2D eigenvalue weighted by molar-refractivity contribution is 5.81. The fourth-order valence-electron chi connectivity index (χ4n) is 4.67. The van der Waals surface area contributed by atoms with Crippen molar-refractivity contribution in [1.29, 1.82) is 0 Å². The van der Waals surface area contributed by atoms with E-state index in [9.17, 15) is 4.79 Å². The maximum Gasteiger partial charge on any atom is 0.225 e. The summed E-state index contributed by atoms with van der Waals surface area (Å²) in [7, 11) is 1.80. The number of likely N-dealkylation sites (tertiary alicyclic amines) is 2. The van der Waals surface area contributed by atoms with Crippen molar-refractivity contribution in [2.75, 3.05) is 33.4 Å². The monoisotopic (exact) mass is 343 g/mol. The number of amides is 1. The average Bonchev–Trinajstić information content (AvgIpc) is 3.43. The summed E-state index contributed by atoms with van der Waals surface area (Å²) in [5.74, 6) is 0.759. The molecule has 0 aromatic carbocycles. The Labute approximate surface area is 150 Å². The van der Waals surface area contributed by atoms with Gasteiger partial charge in [0.25, 0.3) is 0 Å². The summed E-state index contributed by atoms with van der Waals surface area (Å²) in [4.78, 5) is 21.3. The summed E-state index contributed by atoms with van der Waals surface area (Å²) >= 11 is 0. The van der Waals surface area contributed by atoms with Gasteiger partial charge >= 0.3 is 0 Å². The van der Waals surface area contributed by atoms with E-state index in [-0.39, 0.29) is 0 Å². The van der Waals surface area contributed by atoms with Crippen LogP contribution in [-0.4, -0.2) is 60.1 Å². The summed E-state index contributed by atoms with van der Waals surface area (Å²) in [6.45, 7) is 4.72. The molecular weight excluding hydrogens is 314 g/mol. The predicted octanol–water partition coefficient (Wildman–Crippen LogP) is 2.32. The standard InChI is InChI=1S/C20H29N3O2/c1-25-14-18-11-20(15-23(18)13-16-3-2-8-21-12-16)6-9-22(10-7-20)19(24)17-4-5-17/h2-3,8,12,17-18H,4-7,9-11,13-15H2,1H3/t18-/m0/s1. The number of hydrogen-bond donors (Lipinski definition) is 0. The van der Waals surface area contributed by atoms with Crippen molar-refractivity contribution in [3.8, 4) is 0 Å². The largest absolute Gasteiger partial charge is 0.383 e. The average molecular weight is 343 g/mol. The summed E-state index contributed by atoms with van der Waals surface area (Å²) in [5.41, 5.74) is 1.62. The summed E-state index contributed by atoms with van der Waals surface area (Å²) in [6, 6.07) is 4.63. The highest BCUT2D eigenvalue weighted by Gasteiger charge is 2.46. The second-order valence-electron chi connectivity index (χ2n) is 8.18. The number of pyridine rings is 1. The van der Waals surface area contributed by atoms with E-state index in [0.29, 0.717) is 23.3 Å². The molecule has 5 nitrogen and oxygen atoms in total. The molecule has 1 aromatic rings. The van der Waals surface area contributed by atoms with Crippen LogP contribution in [0.2, 0.25) is 0 Å². The van der Waals surface area contributed by atoms with Gasteiger partial charge in [-0.05, 0) is 49.1 Å². The van der Waals surface area contributed by atoms with Crippen LogP contribution in [0.3, 0.4) is 0 Å². The van der Waals surface area contributed by atoms with Gasteiger partial charge in [0.05, 0.1) is 6.61 Å². The van der Waals surface area contributed by atoms with Crippen LogP contribution in [0.25, 0.3) is 0 Å². The number of hydrogen-bond acceptors (Lipinski definition) is 4. The van der Waals surface area contributed by atoms with Crippen LogP contribution in [-0.2, 0) is 16.1 Å². The van der Waals surface area contributed by atoms with E-state index in [0.717, 1.165) is 58.5 Å². The van der Waals surface area contributed by atoms with Crippen molar-refractivity contribution in [3.05, 3.63) is 30.1 Å². The molecule has 0 N–H and O–H groups in total. The van der Waals surface area contributed by atoms with Crippen molar-refractivity contribution in [3.63, 3.8) is 0 Å². The van der Waals surface area contributed by atoms with Gasteiger partial charge in [-0.2, -0.15) is 0 Å². The number of carbonyl (C=O) groups is 1. The number of piperidine rings is 1. The Balaban J connectivity index is 1.40. The highest BCUT2D eigenvalue weighted by Crippen LogP contribution is 2.44. The van der Waals surface area contributed by atoms with Crippen LogP contribution in [0.4, 0.5) is 0 Å². The number of nitrogens with zero attached hydrogens (tertiary/aromatic N) is 3. The minimum Gasteiger partial charge on any atom is -0.383 e. The third-order valence-corrected chi connectivity index (χ3v) is 6.25. The molecule has 3 heterocycles. The summed E-state index contributed by atoms with van der Waals surface area (Å²) in [6.07, 6.45) is 9.46. The smallest absolute Gasteiger partial charge is 0.225 e. The van der Waals surface area contributed by atoms with Gasteiger partial charge in [-0.15, -0.1) is 0 Å². The van der Waals surface area contributed by atoms with E-state index in [4.69, 9.17) is 4.74 Å². The SMILES string of the molecule is COC[C@@H]1CC2(CCN(C(=O)C3CC3)CC2)CN1Cc1cccnc1. The van der Waals surface area contributed by atoms with E-state index < -0.39 is 0 Å². The van der Waals surface area contributed by atoms with Crippen LogP contribution < -0.4 is 0 Å². The van der Waals surface area contributed by atoms with Crippen LogP contribution in [0.1, 0.15) is 37.7 Å². The normalized spacial score (nSPS) is 26.3. The maximum absolute atomic E-state index is 12.3. The molecule has 2 saturated heterocycles. The molecule has 1 aromatic heterocycles. The molecule has 3 fully saturated rings. The van der Waals surface area contributed by atoms with Gasteiger partial charge in [0.2, 0.25) is 5.91 Å². The Hall–Kier alpha value is -1.46. The number of carbonyl (C=O) groups excluding carboxylic acids is 1. The van der Waals surface area contributed by atoms with Crippen molar-refractivity contribution in [1.82, 2.24) is 14.8 Å². The zero-order chi connectivity index (χ0) is 17.3. The first-order valence-electron chi connectivity index (χ1n) is 9.60. The third kappa shape index (κ3) is 3.72. The summed E-state index contributed by atoms with van der Waals surface area (Å²) in [5, 5.41) is 0. The quantitative estimate of drug-likeness (QED) is 0.823. The molecule has 0 radical (unpaired) electrons. The van der Waals surface area contributed by atoms with E-state index in [2.05, 4.69) is 20.9 Å². The van der Waals surface area contributed by atoms with Crippen molar-refractivity contribution >= 4 is 5.91 Å². The van der Waals surface area contributed by atoms with Crippen LogP contribution in [0.5, 0.6) is 0 Å². The minimum atomic E-state index is 0.348. The van der Waals surface area contributed by atoms with Gasteiger partial charge in [-0.3, -0.25) is 14.7 Å². The molecule has 1 aliphatic carbocycles. The van der Waals surface area contributed by atoms with Crippen molar-refractivity contribution < 1.29 is 9.53 Å². The van der Waals surface area contributed by atoms with E-state index >= 15 is 0 Å². The molecule has 3 aliphatic rings. The number of methoxy groups -OCH3 is 1. The highest BCUT2D eigenvalue weighted by atomic mass is 16.5. The summed E-state index contributed by atoms with van der Waals surface area (Å²) < 4.78 is 5.50. The Morgan fingerprint density at radius 3 is 2.80 bits per heavy atom. The molecule has 25 heavy (non-hydrogen) atoms. The molecule has 1 atom stereocenters. The number of rotatable bonds is 5. The zero-order valence-corrected chi connectivity index (χ0v) is 15.2. The molecule has 0 bridgehead atoms. The molecular formula is C20H29N3O2. The van der Waals surface area contributed by atoms with Crippen LogP contribution in [0, 0.1) is 11.3 Å². The van der Waals surface area contributed by atoms with E-state index in [1.165, 1.54) is 12.0 Å². The lowest BCUT2D eigenvalue weighted by molar-refractivity contribution is -0.134. The Morgan fingerprint density at radius 2 is 2.16 bits per heavy atom. The van der Waals surface area contributed by atoms with Gasteiger partial charge in [-0.1, -0.05) is 6.07 Å². The van der Waals surface area contributed by atoms with Gasteiger partial charge in [0.15, 0.2) is 0 Å². The molecule has 136 valence electrons. The predicted molar refractivity (Wildman–Crippen MR) is 95.9 cm³/mol. The first kappa shape index (κ1) is 17.0. The Kier molecular flexibility index (Phi) is 4.78. The molecule has 1 saturated carbocycles. The van der Waals surface area contributed by atoms with Gasteiger partial charge in [0.1, 0.15) is 0 Å². The van der Waals surface area contributed by atoms with Crippen LogP contribution in [0.15, 0.2) is 24.5 Å². The second-order valence-corrected chi connectivity index (χ2v) is 8.18. The second kappa shape index (κ2) is 7.04. The van der Waals surface area contributed by atoms with Crippen molar-refractivity contribution in [2.24, 2.45) is 11.3 Å². The van der Waals surface area contributed by atoms with E-state index in [1.54, 1.807) is 7.11 Å². The van der Waals surface area contributed by atoms with E-state index in [1.807, 2.05) is 18.5 Å². The molecule has 0 unspecified atom stereocenters. The first-order valence-corrected chi connectivity index (χ1v) is 9.60. The third-order valence-electron chi connectivity index (χ3n) is 6.25. The van der Waals surface area contributed by atoms with Crippen LogP contribution >= 0.6 is 0 Å². The molecule has 2 aliphatic heterocycles. The Morgan fingerprint density at radius 1 is 1.36 bits per heavy atom. The lowest BCUT2D eigenvalue weighted by Crippen LogP contribution is -2.44. The topological polar surface area (TPSA) is 45.7 Å². The fourth-order valence-corrected chi connectivity index (χ4v) is 4.67. The molecule has 1 spiro atoms. The van der Waals surface area contributed by atoms with Crippen molar-refractivity contribution in [2.45, 2.75) is 44.7 Å².